The number of hydrogen-bond acceptors (Lipinski definition) is 1. The van der Waals surface area contributed by atoms with Gasteiger partial charge in [-0.05, 0) is 37.0 Å². The Morgan fingerprint density at radius 1 is 1.25 bits per heavy atom. The zero-order valence-corrected chi connectivity index (χ0v) is 7.51. The van der Waals surface area contributed by atoms with Crippen molar-refractivity contribution in [2.45, 2.75) is 44.9 Å². The van der Waals surface area contributed by atoms with Gasteiger partial charge in [0, 0.05) is 12.3 Å². The molecule has 0 heterocycles. The van der Waals surface area contributed by atoms with E-state index in [1.54, 1.807) is 0 Å². The molecule has 0 amide bonds. The van der Waals surface area contributed by atoms with Gasteiger partial charge in [0.25, 0.3) is 0 Å². The summed E-state index contributed by atoms with van der Waals surface area (Å²) >= 11 is 0. The highest BCUT2D eigenvalue weighted by molar-refractivity contribution is 5.86. The first-order valence-corrected chi connectivity index (χ1v) is 5.36. The Hall–Kier alpha value is -0.330. The smallest absolute Gasteiger partial charge is 0.136 e. The Balaban J connectivity index is 1.88. The number of hydrogen-bond donors (Lipinski definition) is 0. The maximum atomic E-state index is 11.5. The normalized spacial score (nSPS) is 51.2. The van der Waals surface area contributed by atoms with E-state index >= 15 is 0 Å². The lowest BCUT2D eigenvalue weighted by molar-refractivity contribution is -0.124. The number of carbonyl (C=O) groups is 1. The summed E-state index contributed by atoms with van der Waals surface area (Å²) in [6, 6.07) is 0. The van der Waals surface area contributed by atoms with Crippen LogP contribution in [0.1, 0.15) is 44.9 Å². The number of Topliss-reactive ketones (excluding diaryl/α,β-unsaturated/α-hetero) is 1. The number of rotatable bonds is 0. The first-order valence-electron chi connectivity index (χ1n) is 5.36. The molecule has 3 aliphatic carbocycles. The molecule has 3 rings (SSSR count). The quantitative estimate of drug-likeness (QED) is 0.537. The van der Waals surface area contributed by atoms with Gasteiger partial charge >= 0.3 is 0 Å². The molecule has 0 aromatic rings. The van der Waals surface area contributed by atoms with Crippen LogP contribution in [0.25, 0.3) is 0 Å². The molecule has 0 N–H and O–H groups in total. The molecule has 0 aliphatic heterocycles. The summed E-state index contributed by atoms with van der Waals surface area (Å²) in [5, 5.41) is 0. The molecular weight excluding hydrogens is 148 g/mol. The van der Waals surface area contributed by atoms with Gasteiger partial charge in [0.15, 0.2) is 0 Å². The van der Waals surface area contributed by atoms with Crippen molar-refractivity contribution in [3.05, 3.63) is 0 Å². The fourth-order valence-corrected chi connectivity index (χ4v) is 3.74. The van der Waals surface area contributed by atoms with Crippen molar-refractivity contribution >= 4 is 5.78 Å². The molecule has 1 nitrogen and oxygen atoms in total. The van der Waals surface area contributed by atoms with E-state index in [9.17, 15) is 4.79 Å². The minimum absolute atomic E-state index is 0.525. The fraction of sp³-hybridized carbons (Fsp3) is 0.909. The van der Waals surface area contributed by atoms with Crippen LogP contribution in [0.2, 0.25) is 0 Å². The predicted octanol–water partition coefficient (Wildman–Crippen LogP) is 2.55. The Morgan fingerprint density at radius 2 is 2.17 bits per heavy atom. The summed E-state index contributed by atoms with van der Waals surface area (Å²) in [6.45, 7) is 0. The summed E-state index contributed by atoms with van der Waals surface area (Å²) < 4.78 is 0. The van der Waals surface area contributed by atoms with Crippen molar-refractivity contribution in [3.63, 3.8) is 0 Å². The second-order valence-corrected chi connectivity index (χ2v) is 4.94. The first-order chi connectivity index (χ1) is 5.83. The molecule has 3 atom stereocenters. The third-order valence-corrected chi connectivity index (χ3v) is 4.50. The largest absolute Gasteiger partial charge is 0.299 e. The van der Waals surface area contributed by atoms with E-state index in [-0.39, 0.29) is 0 Å². The molecule has 0 aromatic heterocycles. The van der Waals surface area contributed by atoms with Gasteiger partial charge in [-0.15, -0.1) is 0 Å². The third kappa shape index (κ3) is 0.725. The van der Waals surface area contributed by atoms with Crippen LogP contribution in [-0.2, 0) is 4.79 Å². The molecule has 3 unspecified atom stereocenters. The SMILES string of the molecule is O=C1CCC2CCCCC23CC13. The van der Waals surface area contributed by atoms with Crippen LogP contribution < -0.4 is 0 Å². The van der Waals surface area contributed by atoms with Crippen LogP contribution in [0.4, 0.5) is 0 Å². The van der Waals surface area contributed by atoms with Crippen molar-refractivity contribution in [2.24, 2.45) is 17.3 Å². The Labute approximate surface area is 73.5 Å². The lowest BCUT2D eigenvalue weighted by Crippen LogP contribution is -2.29. The van der Waals surface area contributed by atoms with Crippen LogP contribution in [0.15, 0.2) is 0 Å². The minimum atomic E-state index is 0.525. The van der Waals surface area contributed by atoms with Crippen LogP contribution in [0.3, 0.4) is 0 Å². The van der Waals surface area contributed by atoms with Crippen LogP contribution in [0.5, 0.6) is 0 Å². The molecular formula is C11H16O. The van der Waals surface area contributed by atoms with E-state index in [2.05, 4.69) is 0 Å². The van der Waals surface area contributed by atoms with E-state index in [1.807, 2.05) is 0 Å². The Morgan fingerprint density at radius 3 is 3.08 bits per heavy atom. The third-order valence-electron chi connectivity index (χ3n) is 4.50. The molecule has 1 heteroatoms. The maximum Gasteiger partial charge on any atom is 0.136 e. The van der Waals surface area contributed by atoms with E-state index in [0.717, 1.165) is 12.3 Å². The highest BCUT2D eigenvalue weighted by Crippen LogP contribution is 2.68. The molecule has 3 fully saturated rings. The van der Waals surface area contributed by atoms with Crippen molar-refractivity contribution in [3.8, 4) is 0 Å². The van der Waals surface area contributed by atoms with Gasteiger partial charge in [-0.25, -0.2) is 0 Å². The summed E-state index contributed by atoms with van der Waals surface area (Å²) in [6.07, 6.45) is 8.98. The van der Waals surface area contributed by atoms with Crippen molar-refractivity contribution in [2.75, 3.05) is 0 Å². The first kappa shape index (κ1) is 7.11. The fourth-order valence-electron chi connectivity index (χ4n) is 3.74. The molecule has 12 heavy (non-hydrogen) atoms. The second kappa shape index (κ2) is 2.12. The molecule has 0 radical (unpaired) electrons. The van der Waals surface area contributed by atoms with E-state index in [1.165, 1.54) is 38.5 Å². The summed E-state index contributed by atoms with van der Waals surface area (Å²) in [7, 11) is 0. The number of ketones is 1. The predicted molar refractivity (Wildman–Crippen MR) is 46.7 cm³/mol. The van der Waals surface area contributed by atoms with Gasteiger partial charge in [-0.3, -0.25) is 4.79 Å². The monoisotopic (exact) mass is 164 g/mol. The Bertz CT molecular complexity index is 233. The lowest BCUT2D eigenvalue weighted by atomic mass is 9.69. The molecule has 0 aromatic carbocycles. The highest BCUT2D eigenvalue weighted by atomic mass is 16.1. The average Bonchev–Trinajstić information content (AvgIpc) is 2.80. The van der Waals surface area contributed by atoms with E-state index in [0.29, 0.717) is 17.1 Å². The molecule has 3 saturated carbocycles. The van der Waals surface area contributed by atoms with Gasteiger partial charge < -0.3 is 0 Å². The lowest BCUT2D eigenvalue weighted by Gasteiger charge is -2.35. The van der Waals surface area contributed by atoms with Crippen molar-refractivity contribution in [1.82, 2.24) is 0 Å². The summed E-state index contributed by atoms with van der Waals surface area (Å²) in [5.74, 6) is 2.05. The van der Waals surface area contributed by atoms with Crippen molar-refractivity contribution in [1.29, 1.82) is 0 Å². The zero-order valence-electron chi connectivity index (χ0n) is 7.51. The van der Waals surface area contributed by atoms with Gasteiger partial charge in [-0.2, -0.15) is 0 Å². The van der Waals surface area contributed by atoms with Crippen LogP contribution >= 0.6 is 0 Å². The average molecular weight is 164 g/mol. The molecule has 0 saturated heterocycles. The van der Waals surface area contributed by atoms with Gasteiger partial charge in [-0.1, -0.05) is 12.8 Å². The van der Waals surface area contributed by atoms with Gasteiger partial charge in [0.2, 0.25) is 0 Å². The van der Waals surface area contributed by atoms with Crippen LogP contribution in [0, 0.1) is 17.3 Å². The molecule has 1 spiro atoms. The standard InChI is InChI=1S/C11H16O/c12-10-5-4-8-3-1-2-6-11(8)7-9(10)11/h8-9H,1-7H2. The molecule has 66 valence electrons. The second-order valence-electron chi connectivity index (χ2n) is 4.94. The van der Waals surface area contributed by atoms with Gasteiger partial charge in [0.05, 0.1) is 0 Å². The van der Waals surface area contributed by atoms with Crippen molar-refractivity contribution < 1.29 is 4.79 Å². The number of carbonyl (C=O) groups excluding carboxylic acids is 1. The molecule has 0 bridgehead atoms. The van der Waals surface area contributed by atoms with E-state index in [4.69, 9.17) is 0 Å². The van der Waals surface area contributed by atoms with Gasteiger partial charge in [0.1, 0.15) is 5.78 Å². The highest BCUT2D eigenvalue weighted by Gasteiger charge is 2.63. The zero-order chi connectivity index (χ0) is 8.18. The summed E-state index contributed by atoms with van der Waals surface area (Å²) in [4.78, 5) is 11.5. The topological polar surface area (TPSA) is 17.1 Å². The Kier molecular flexibility index (Phi) is 1.26. The maximum absolute atomic E-state index is 11.5. The molecule has 3 aliphatic rings. The summed E-state index contributed by atoms with van der Waals surface area (Å²) in [5.41, 5.74) is 0.563. The van der Waals surface area contributed by atoms with Crippen LogP contribution in [-0.4, -0.2) is 5.78 Å². The van der Waals surface area contributed by atoms with E-state index < -0.39 is 0 Å². The minimum Gasteiger partial charge on any atom is -0.299 e.